The molecule has 1 aliphatic rings. The number of thiazole rings is 1. The number of ether oxygens (including phenoxy) is 2. The van der Waals surface area contributed by atoms with E-state index in [1.165, 1.54) is 42.6 Å². The lowest BCUT2D eigenvalue weighted by molar-refractivity contribution is -0.132. The van der Waals surface area contributed by atoms with E-state index < -0.39 is 17.7 Å². The standard InChI is InChI=1S/C27H22N2O6S/c1-14-4-10-18-21(12-14)36-27(28-18)29-23(16-7-11-19(30)20(13-16)35-3)22(25(32)26(29)33)24(31)15-5-8-17(34-2)9-6-15/h4-13,23,30-31H,1-3H3/b24-22+. The number of ketones is 1. The molecule has 0 saturated carbocycles. The first kappa shape index (κ1) is 23.4. The van der Waals surface area contributed by atoms with Crippen LogP contribution in [0.4, 0.5) is 5.13 Å². The van der Waals surface area contributed by atoms with Gasteiger partial charge in [0.05, 0.1) is 36.1 Å². The number of benzene rings is 3. The normalized spacial score (nSPS) is 17.1. The lowest BCUT2D eigenvalue weighted by atomic mass is 9.95. The van der Waals surface area contributed by atoms with Gasteiger partial charge in [0.2, 0.25) is 0 Å². The first-order chi connectivity index (χ1) is 17.3. The Hall–Kier alpha value is -4.37. The number of aryl methyl sites for hydroxylation is 1. The number of aromatic nitrogens is 1. The van der Waals surface area contributed by atoms with Gasteiger partial charge in [-0.05, 0) is 66.6 Å². The number of amides is 1. The molecule has 1 unspecified atom stereocenters. The van der Waals surface area contributed by atoms with Crippen molar-refractivity contribution in [3.8, 4) is 17.2 Å². The largest absolute Gasteiger partial charge is 0.507 e. The Morgan fingerprint density at radius 2 is 1.75 bits per heavy atom. The van der Waals surface area contributed by atoms with Gasteiger partial charge in [-0.3, -0.25) is 14.5 Å². The number of methoxy groups -OCH3 is 2. The van der Waals surface area contributed by atoms with Crippen LogP contribution in [-0.4, -0.2) is 41.1 Å². The fourth-order valence-corrected chi connectivity index (χ4v) is 5.33. The third-order valence-corrected chi connectivity index (χ3v) is 7.08. The van der Waals surface area contributed by atoms with Crippen molar-refractivity contribution in [2.45, 2.75) is 13.0 Å². The molecule has 1 aromatic heterocycles. The number of phenolic OH excluding ortho intramolecular Hbond substituents is 1. The lowest BCUT2D eigenvalue weighted by Gasteiger charge is -2.23. The summed E-state index contributed by atoms with van der Waals surface area (Å²) in [4.78, 5) is 32.7. The minimum atomic E-state index is -0.997. The number of hydrogen-bond acceptors (Lipinski definition) is 8. The molecule has 0 spiro atoms. The van der Waals surface area contributed by atoms with Gasteiger partial charge in [-0.15, -0.1) is 0 Å². The summed E-state index contributed by atoms with van der Waals surface area (Å²) < 4.78 is 11.3. The summed E-state index contributed by atoms with van der Waals surface area (Å²) in [6, 6.07) is 15.8. The molecule has 2 N–H and O–H groups in total. The van der Waals surface area contributed by atoms with Crippen LogP contribution in [-0.2, 0) is 9.59 Å². The predicted octanol–water partition coefficient (Wildman–Crippen LogP) is 4.95. The van der Waals surface area contributed by atoms with Gasteiger partial charge in [0, 0.05) is 5.56 Å². The number of aliphatic hydroxyl groups excluding tert-OH is 1. The second kappa shape index (κ2) is 9.01. The predicted molar refractivity (Wildman–Crippen MR) is 137 cm³/mol. The van der Waals surface area contributed by atoms with Crippen LogP contribution in [0.5, 0.6) is 17.2 Å². The maximum atomic E-state index is 13.4. The first-order valence-electron chi connectivity index (χ1n) is 11.0. The maximum absolute atomic E-state index is 13.4. The van der Waals surface area contributed by atoms with Crippen molar-refractivity contribution in [2.75, 3.05) is 19.1 Å². The molecule has 9 heteroatoms. The van der Waals surface area contributed by atoms with Crippen LogP contribution >= 0.6 is 11.3 Å². The van der Waals surface area contributed by atoms with Gasteiger partial charge >= 0.3 is 5.91 Å². The smallest absolute Gasteiger partial charge is 0.301 e. The van der Waals surface area contributed by atoms with Crippen LogP contribution in [0.25, 0.3) is 16.0 Å². The number of phenols is 1. The topological polar surface area (TPSA) is 109 Å². The second-order valence-corrected chi connectivity index (χ2v) is 9.31. The number of anilines is 1. The Labute approximate surface area is 210 Å². The molecule has 182 valence electrons. The molecule has 1 fully saturated rings. The highest BCUT2D eigenvalue weighted by Crippen LogP contribution is 2.45. The third kappa shape index (κ3) is 3.83. The second-order valence-electron chi connectivity index (χ2n) is 8.30. The molecule has 36 heavy (non-hydrogen) atoms. The summed E-state index contributed by atoms with van der Waals surface area (Å²) in [5.41, 5.74) is 2.46. The van der Waals surface area contributed by atoms with Crippen LogP contribution in [0.15, 0.2) is 66.2 Å². The summed E-state index contributed by atoms with van der Waals surface area (Å²) in [6.07, 6.45) is 0. The molecule has 1 saturated heterocycles. The SMILES string of the molecule is COc1ccc(/C(O)=C2\C(=O)C(=O)N(c3nc4ccc(C)cc4s3)C2c2ccc(O)c(OC)c2)cc1. The summed E-state index contributed by atoms with van der Waals surface area (Å²) in [5, 5.41) is 21.7. The van der Waals surface area contributed by atoms with Crippen molar-refractivity contribution < 1.29 is 29.3 Å². The third-order valence-electron chi connectivity index (χ3n) is 6.07. The van der Waals surface area contributed by atoms with Crippen molar-refractivity contribution in [1.29, 1.82) is 0 Å². The van der Waals surface area contributed by atoms with Crippen molar-refractivity contribution in [3.63, 3.8) is 0 Å². The molecular weight excluding hydrogens is 480 g/mol. The van der Waals surface area contributed by atoms with Gasteiger partial charge in [0.1, 0.15) is 11.5 Å². The van der Waals surface area contributed by atoms with E-state index in [0.29, 0.717) is 27.5 Å². The highest BCUT2D eigenvalue weighted by atomic mass is 32.1. The fraction of sp³-hybridized carbons (Fsp3) is 0.148. The van der Waals surface area contributed by atoms with Gasteiger partial charge < -0.3 is 19.7 Å². The molecule has 1 aliphatic heterocycles. The number of nitrogens with zero attached hydrogens (tertiary/aromatic N) is 2. The van der Waals surface area contributed by atoms with E-state index in [-0.39, 0.29) is 22.8 Å². The average molecular weight is 503 g/mol. The van der Waals surface area contributed by atoms with Crippen molar-refractivity contribution in [1.82, 2.24) is 4.98 Å². The van der Waals surface area contributed by atoms with Gasteiger partial charge in [-0.2, -0.15) is 0 Å². The maximum Gasteiger partial charge on any atom is 0.301 e. The summed E-state index contributed by atoms with van der Waals surface area (Å²) in [5.74, 6) is -1.32. The highest BCUT2D eigenvalue weighted by Gasteiger charge is 2.48. The molecule has 3 aromatic carbocycles. The average Bonchev–Trinajstić information content (AvgIpc) is 3.41. The number of carbonyl (C=O) groups is 2. The number of aromatic hydroxyl groups is 1. The molecule has 0 bridgehead atoms. The van der Waals surface area contributed by atoms with Crippen LogP contribution in [0.3, 0.4) is 0 Å². The molecule has 5 rings (SSSR count). The number of fused-ring (bicyclic) bond motifs is 1. The van der Waals surface area contributed by atoms with E-state index in [4.69, 9.17) is 9.47 Å². The number of carbonyl (C=O) groups excluding carboxylic acids is 2. The van der Waals surface area contributed by atoms with Gasteiger partial charge in [-0.25, -0.2) is 4.98 Å². The van der Waals surface area contributed by atoms with E-state index in [2.05, 4.69) is 4.98 Å². The molecule has 8 nitrogen and oxygen atoms in total. The Morgan fingerprint density at radius 1 is 1.00 bits per heavy atom. The van der Waals surface area contributed by atoms with Gasteiger partial charge in [0.25, 0.3) is 5.78 Å². The highest BCUT2D eigenvalue weighted by molar-refractivity contribution is 7.22. The molecule has 1 amide bonds. The van der Waals surface area contributed by atoms with E-state index >= 15 is 0 Å². The van der Waals surface area contributed by atoms with E-state index in [0.717, 1.165) is 10.3 Å². The lowest BCUT2D eigenvalue weighted by Crippen LogP contribution is -2.29. The zero-order valence-electron chi connectivity index (χ0n) is 19.7. The van der Waals surface area contributed by atoms with Crippen LogP contribution in [0.2, 0.25) is 0 Å². The zero-order chi connectivity index (χ0) is 25.6. The van der Waals surface area contributed by atoms with Gasteiger partial charge in [-0.1, -0.05) is 23.5 Å². The van der Waals surface area contributed by atoms with E-state index in [1.54, 1.807) is 30.3 Å². The molecule has 1 atom stereocenters. The number of aliphatic hydroxyl groups is 1. The fourth-order valence-electron chi connectivity index (χ4n) is 4.24. The quantitative estimate of drug-likeness (QED) is 0.226. The van der Waals surface area contributed by atoms with Crippen molar-refractivity contribution >= 4 is 44.1 Å². The summed E-state index contributed by atoms with van der Waals surface area (Å²) >= 11 is 1.28. The Morgan fingerprint density at radius 3 is 2.44 bits per heavy atom. The molecular formula is C27H22N2O6S. The Balaban J connectivity index is 1.73. The van der Waals surface area contributed by atoms with E-state index in [1.807, 2.05) is 25.1 Å². The number of hydrogen-bond donors (Lipinski definition) is 2. The van der Waals surface area contributed by atoms with Crippen LogP contribution < -0.4 is 14.4 Å². The monoisotopic (exact) mass is 502 g/mol. The minimum absolute atomic E-state index is 0.0895. The van der Waals surface area contributed by atoms with Crippen molar-refractivity contribution in [2.24, 2.45) is 0 Å². The first-order valence-corrected chi connectivity index (χ1v) is 11.8. The van der Waals surface area contributed by atoms with E-state index in [9.17, 15) is 19.8 Å². The van der Waals surface area contributed by atoms with Crippen molar-refractivity contribution in [3.05, 3.63) is 82.9 Å². The number of Topliss-reactive ketones (excluding diaryl/α,β-unsaturated/α-hetero) is 1. The summed E-state index contributed by atoms with van der Waals surface area (Å²) in [6.45, 7) is 1.96. The molecule has 0 radical (unpaired) electrons. The molecule has 4 aromatic rings. The van der Waals surface area contributed by atoms with Crippen LogP contribution in [0.1, 0.15) is 22.7 Å². The van der Waals surface area contributed by atoms with Crippen LogP contribution in [0, 0.1) is 6.92 Å². The Kier molecular flexibility index (Phi) is 5.85. The zero-order valence-corrected chi connectivity index (χ0v) is 20.5. The number of rotatable bonds is 5. The Bertz CT molecular complexity index is 1540. The minimum Gasteiger partial charge on any atom is -0.507 e. The molecule has 0 aliphatic carbocycles. The molecule has 2 heterocycles. The summed E-state index contributed by atoms with van der Waals surface area (Å²) in [7, 11) is 2.93. The van der Waals surface area contributed by atoms with Gasteiger partial charge in [0.15, 0.2) is 16.6 Å².